The summed E-state index contributed by atoms with van der Waals surface area (Å²) in [5.41, 5.74) is 1.08. The summed E-state index contributed by atoms with van der Waals surface area (Å²) in [7, 11) is 0. The van der Waals surface area contributed by atoms with Gasteiger partial charge in [0.1, 0.15) is 6.33 Å². The van der Waals surface area contributed by atoms with E-state index in [1.165, 1.54) is 0 Å². The van der Waals surface area contributed by atoms with E-state index in [2.05, 4.69) is 30.1 Å². The minimum absolute atomic E-state index is 0.100. The Morgan fingerprint density at radius 2 is 2.18 bits per heavy atom. The molecule has 0 radical (unpaired) electrons. The van der Waals surface area contributed by atoms with Crippen molar-refractivity contribution in [2.45, 2.75) is 18.6 Å². The van der Waals surface area contributed by atoms with Gasteiger partial charge in [-0.05, 0) is 26.2 Å². The molecule has 0 aliphatic heterocycles. The lowest BCUT2D eigenvalue weighted by Gasteiger charge is -2.20. The molecule has 0 amide bonds. The van der Waals surface area contributed by atoms with Crippen LogP contribution >= 0.6 is 11.8 Å². The largest absolute Gasteiger partial charge is 0.245 e. The van der Waals surface area contributed by atoms with Crippen LogP contribution in [-0.2, 0) is 4.75 Å². The molecule has 2 nitrogen and oxygen atoms in total. The van der Waals surface area contributed by atoms with Crippen molar-refractivity contribution in [3.05, 3.63) is 24.3 Å². The van der Waals surface area contributed by atoms with Crippen molar-refractivity contribution in [2.75, 3.05) is 6.26 Å². The smallest absolute Gasteiger partial charge is 0.115 e. The van der Waals surface area contributed by atoms with E-state index in [1.807, 2.05) is 6.07 Å². The first kappa shape index (κ1) is 8.53. The first-order valence-corrected chi connectivity index (χ1v) is 4.71. The van der Waals surface area contributed by atoms with Crippen LogP contribution in [0.5, 0.6) is 0 Å². The average molecular weight is 168 g/mol. The molecular formula is C8H12N2S. The molecule has 0 bridgehead atoms. The van der Waals surface area contributed by atoms with Gasteiger partial charge in [-0.15, -0.1) is 0 Å². The molecule has 0 atom stereocenters. The van der Waals surface area contributed by atoms with Crippen molar-refractivity contribution in [2.24, 2.45) is 0 Å². The zero-order chi connectivity index (χ0) is 8.32. The molecule has 0 aliphatic rings. The Morgan fingerprint density at radius 3 is 2.64 bits per heavy atom. The molecule has 1 rings (SSSR count). The number of aromatic nitrogens is 2. The van der Waals surface area contributed by atoms with Crippen LogP contribution < -0.4 is 0 Å². The molecule has 0 N–H and O–H groups in total. The fourth-order valence-corrected chi connectivity index (χ4v) is 1.08. The van der Waals surface area contributed by atoms with Gasteiger partial charge in [0.15, 0.2) is 0 Å². The molecule has 0 spiro atoms. The van der Waals surface area contributed by atoms with Gasteiger partial charge in [0.05, 0.1) is 10.4 Å². The van der Waals surface area contributed by atoms with E-state index in [-0.39, 0.29) is 4.75 Å². The quantitative estimate of drug-likeness (QED) is 0.676. The molecule has 11 heavy (non-hydrogen) atoms. The third kappa shape index (κ3) is 1.93. The fraction of sp³-hybridized carbons (Fsp3) is 0.500. The molecule has 60 valence electrons. The highest BCUT2D eigenvalue weighted by atomic mass is 32.2. The van der Waals surface area contributed by atoms with Crippen molar-refractivity contribution in [1.82, 2.24) is 9.97 Å². The summed E-state index contributed by atoms with van der Waals surface area (Å²) in [5.74, 6) is 0. The number of hydrogen-bond donors (Lipinski definition) is 0. The predicted molar refractivity (Wildman–Crippen MR) is 48.6 cm³/mol. The van der Waals surface area contributed by atoms with Crippen LogP contribution in [0.25, 0.3) is 0 Å². The summed E-state index contributed by atoms with van der Waals surface area (Å²) in [4.78, 5) is 8.06. The van der Waals surface area contributed by atoms with Crippen molar-refractivity contribution in [3.63, 3.8) is 0 Å². The second kappa shape index (κ2) is 3.22. The van der Waals surface area contributed by atoms with Gasteiger partial charge >= 0.3 is 0 Å². The van der Waals surface area contributed by atoms with Gasteiger partial charge in [-0.1, -0.05) is 0 Å². The van der Waals surface area contributed by atoms with E-state index in [9.17, 15) is 0 Å². The lowest BCUT2D eigenvalue weighted by molar-refractivity contribution is 0.743. The molecule has 0 fully saturated rings. The Kier molecular flexibility index (Phi) is 2.49. The minimum atomic E-state index is 0.100. The Bertz CT molecular complexity index is 221. The van der Waals surface area contributed by atoms with E-state index in [0.717, 1.165) is 5.69 Å². The van der Waals surface area contributed by atoms with Crippen molar-refractivity contribution >= 4 is 11.8 Å². The van der Waals surface area contributed by atoms with Gasteiger partial charge in [-0.25, -0.2) is 9.97 Å². The standard InChI is InChI=1S/C8H12N2S/c1-8(2,11-3)7-4-5-9-6-10-7/h4-6H,1-3H3. The molecule has 1 aromatic rings. The van der Waals surface area contributed by atoms with Crippen LogP contribution in [0.1, 0.15) is 19.5 Å². The van der Waals surface area contributed by atoms with Crippen molar-refractivity contribution < 1.29 is 0 Å². The Balaban J connectivity index is 2.93. The Hall–Kier alpha value is -0.570. The summed E-state index contributed by atoms with van der Waals surface area (Å²) in [6.45, 7) is 4.31. The SMILES string of the molecule is CSC(C)(C)c1ccncn1. The van der Waals surface area contributed by atoms with Crippen LogP contribution in [0, 0.1) is 0 Å². The minimum Gasteiger partial charge on any atom is -0.245 e. The maximum atomic E-state index is 4.19. The fourth-order valence-electron chi connectivity index (χ4n) is 0.751. The molecule has 0 aliphatic carbocycles. The third-order valence-corrected chi connectivity index (χ3v) is 2.94. The summed E-state index contributed by atoms with van der Waals surface area (Å²) in [6, 6.07) is 1.95. The van der Waals surface area contributed by atoms with Gasteiger partial charge in [0.2, 0.25) is 0 Å². The van der Waals surface area contributed by atoms with Crippen molar-refractivity contribution in [3.8, 4) is 0 Å². The lowest BCUT2D eigenvalue weighted by Crippen LogP contribution is -2.13. The third-order valence-electron chi connectivity index (χ3n) is 1.71. The van der Waals surface area contributed by atoms with E-state index in [4.69, 9.17) is 0 Å². The van der Waals surface area contributed by atoms with E-state index < -0.39 is 0 Å². The molecular weight excluding hydrogens is 156 g/mol. The van der Waals surface area contributed by atoms with Crippen LogP contribution in [0.15, 0.2) is 18.6 Å². The monoisotopic (exact) mass is 168 g/mol. The van der Waals surface area contributed by atoms with Gasteiger partial charge < -0.3 is 0 Å². The molecule has 0 unspecified atom stereocenters. The first-order chi connectivity index (χ1) is 5.17. The molecule has 3 heteroatoms. The average Bonchev–Trinajstić information content (AvgIpc) is 2.06. The topological polar surface area (TPSA) is 25.8 Å². The summed E-state index contributed by atoms with van der Waals surface area (Å²) >= 11 is 1.79. The van der Waals surface area contributed by atoms with Gasteiger partial charge in [0.25, 0.3) is 0 Å². The number of rotatable bonds is 2. The summed E-state index contributed by atoms with van der Waals surface area (Å²) in [6.07, 6.45) is 5.45. The number of nitrogens with zero attached hydrogens (tertiary/aromatic N) is 2. The zero-order valence-corrected chi connectivity index (χ0v) is 7.85. The molecule has 0 aromatic carbocycles. The highest BCUT2D eigenvalue weighted by molar-refractivity contribution is 7.99. The van der Waals surface area contributed by atoms with Crippen LogP contribution in [0.4, 0.5) is 0 Å². The van der Waals surface area contributed by atoms with Gasteiger partial charge in [0, 0.05) is 6.20 Å². The van der Waals surface area contributed by atoms with Crippen LogP contribution in [0.3, 0.4) is 0 Å². The molecule has 1 aromatic heterocycles. The highest BCUT2D eigenvalue weighted by Crippen LogP contribution is 2.31. The van der Waals surface area contributed by atoms with E-state index >= 15 is 0 Å². The van der Waals surface area contributed by atoms with E-state index in [0.29, 0.717) is 0 Å². The summed E-state index contributed by atoms with van der Waals surface area (Å²) < 4.78 is 0.100. The Labute approximate surface area is 71.5 Å². The molecule has 1 heterocycles. The van der Waals surface area contributed by atoms with Crippen molar-refractivity contribution in [1.29, 1.82) is 0 Å². The van der Waals surface area contributed by atoms with Crippen LogP contribution in [0.2, 0.25) is 0 Å². The number of thioether (sulfide) groups is 1. The maximum Gasteiger partial charge on any atom is 0.115 e. The first-order valence-electron chi connectivity index (χ1n) is 3.48. The normalized spacial score (nSPS) is 11.5. The zero-order valence-electron chi connectivity index (χ0n) is 7.03. The predicted octanol–water partition coefficient (Wildman–Crippen LogP) is 2.07. The summed E-state index contributed by atoms with van der Waals surface area (Å²) in [5, 5.41) is 0. The second-order valence-corrected chi connectivity index (χ2v) is 4.24. The van der Waals surface area contributed by atoms with Gasteiger partial charge in [-0.3, -0.25) is 0 Å². The van der Waals surface area contributed by atoms with Gasteiger partial charge in [-0.2, -0.15) is 11.8 Å². The Morgan fingerprint density at radius 1 is 1.45 bits per heavy atom. The molecule has 0 saturated heterocycles. The molecule has 0 saturated carbocycles. The maximum absolute atomic E-state index is 4.19. The lowest BCUT2D eigenvalue weighted by atomic mass is 10.1. The highest BCUT2D eigenvalue weighted by Gasteiger charge is 2.19. The van der Waals surface area contributed by atoms with E-state index in [1.54, 1.807) is 24.3 Å². The van der Waals surface area contributed by atoms with Crippen LogP contribution in [-0.4, -0.2) is 16.2 Å². The number of hydrogen-bond acceptors (Lipinski definition) is 3. The second-order valence-electron chi connectivity index (χ2n) is 2.81.